The third-order valence-electron chi connectivity index (χ3n) is 2.28. The van der Waals surface area contributed by atoms with E-state index in [1.807, 2.05) is 29.9 Å². The van der Waals surface area contributed by atoms with Gasteiger partial charge in [-0.1, -0.05) is 11.3 Å². The summed E-state index contributed by atoms with van der Waals surface area (Å²) in [5.74, 6) is 0. The Morgan fingerprint density at radius 3 is 2.88 bits per heavy atom. The van der Waals surface area contributed by atoms with Crippen molar-refractivity contribution >= 4 is 21.4 Å². The summed E-state index contributed by atoms with van der Waals surface area (Å²) in [5, 5.41) is 8.28. The van der Waals surface area contributed by atoms with Crippen LogP contribution in [0.5, 0.6) is 0 Å². The molecule has 0 aliphatic heterocycles. The zero-order valence-corrected chi connectivity index (χ0v) is 9.40. The fourth-order valence-corrected chi connectivity index (χ4v) is 2.24. The van der Waals surface area contributed by atoms with Crippen LogP contribution in [0.15, 0.2) is 30.7 Å². The summed E-state index contributed by atoms with van der Waals surface area (Å²) in [6.45, 7) is 0. The first-order valence-electron chi connectivity index (χ1n) is 4.81. The van der Waals surface area contributed by atoms with Gasteiger partial charge in [0.25, 0.3) is 0 Å². The number of nitrogens with zero attached hydrogens (tertiary/aromatic N) is 4. The molecular formula is C10H9N5S. The SMILES string of the molecule is CNc1nn2c(-c3ccncc3)cnc2s1. The highest BCUT2D eigenvalue weighted by molar-refractivity contribution is 7.20. The van der Waals surface area contributed by atoms with E-state index in [4.69, 9.17) is 0 Å². The molecule has 0 saturated carbocycles. The Labute approximate surface area is 95.8 Å². The zero-order chi connectivity index (χ0) is 11.0. The van der Waals surface area contributed by atoms with Gasteiger partial charge in [0.05, 0.1) is 11.9 Å². The predicted octanol–water partition coefficient (Wildman–Crippen LogP) is 1.89. The van der Waals surface area contributed by atoms with Gasteiger partial charge in [-0.2, -0.15) is 0 Å². The van der Waals surface area contributed by atoms with Gasteiger partial charge in [-0.25, -0.2) is 9.50 Å². The summed E-state index contributed by atoms with van der Waals surface area (Å²) in [4.78, 5) is 9.20. The first kappa shape index (κ1) is 9.29. The third-order valence-corrected chi connectivity index (χ3v) is 3.22. The second-order valence-corrected chi connectivity index (χ2v) is 4.19. The fraction of sp³-hybridized carbons (Fsp3) is 0.100. The van der Waals surface area contributed by atoms with E-state index in [1.165, 1.54) is 11.3 Å². The Morgan fingerprint density at radius 1 is 1.31 bits per heavy atom. The number of nitrogens with one attached hydrogen (secondary N) is 1. The monoisotopic (exact) mass is 231 g/mol. The van der Waals surface area contributed by atoms with E-state index in [0.717, 1.165) is 21.3 Å². The molecule has 0 aromatic carbocycles. The van der Waals surface area contributed by atoms with Crippen molar-refractivity contribution in [1.29, 1.82) is 0 Å². The van der Waals surface area contributed by atoms with Gasteiger partial charge in [0, 0.05) is 25.0 Å². The molecule has 3 heterocycles. The summed E-state index contributed by atoms with van der Waals surface area (Å²) in [6, 6.07) is 3.89. The lowest BCUT2D eigenvalue weighted by atomic mass is 10.2. The Hall–Kier alpha value is -1.95. The molecule has 0 spiro atoms. The molecule has 0 fully saturated rings. The van der Waals surface area contributed by atoms with Crippen LogP contribution >= 0.6 is 11.3 Å². The number of imidazole rings is 1. The molecule has 1 N–H and O–H groups in total. The molecule has 0 aliphatic carbocycles. The molecular weight excluding hydrogens is 222 g/mol. The highest BCUT2D eigenvalue weighted by Crippen LogP contribution is 2.24. The predicted molar refractivity (Wildman–Crippen MR) is 63.6 cm³/mol. The summed E-state index contributed by atoms with van der Waals surface area (Å²) in [5.41, 5.74) is 2.05. The van der Waals surface area contributed by atoms with Crippen molar-refractivity contribution in [3.63, 3.8) is 0 Å². The molecule has 0 radical (unpaired) electrons. The molecule has 6 heteroatoms. The standard InChI is InChI=1S/C10H9N5S/c1-11-9-14-15-8(6-13-10(15)16-9)7-2-4-12-5-3-7/h2-6H,1H3,(H,11,14). The first-order valence-corrected chi connectivity index (χ1v) is 5.63. The van der Waals surface area contributed by atoms with E-state index < -0.39 is 0 Å². The molecule has 5 nitrogen and oxygen atoms in total. The van der Waals surface area contributed by atoms with Crippen molar-refractivity contribution in [3.05, 3.63) is 30.7 Å². The van der Waals surface area contributed by atoms with E-state index in [2.05, 4.69) is 20.4 Å². The summed E-state index contributed by atoms with van der Waals surface area (Å²) in [7, 11) is 1.85. The maximum Gasteiger partial charge on any atom is 0.214 e. The van der Waals surface area contributed by atoms with E-state index in [-0.39, 0.29) is 0 Å². The van der Waals surface area contributed by atoms with Crippen LogP contribution in [-0.4, -0.2) is 26.6 Å². The van der Waals surface area contributed by atoms with Crippen molar-refractivity contribution in [2.24, 2.45) is 0 Å². The van der Waals surface area contributed by atoms with E-state index >= 15 is 0 Å². The molecule has 0 unspecified atom stereocenters. The lowest BCUT2D eigenvalue weighted by Crippen LogP contribution is -1.91. The van der Waals surface area contributed by atoms with Gasteiger partial charge in [0.15, 0.2) is 0 Å². The van der Waals surface area contributed by atoms with Crippen molar-refractivity contribution in [2.75, 3.05) is 12.4 Å². The molecule has 0 bridgehead atoms. The van der Waals surface area contributed by atoms with Crippen LogP contribution in [-0.2, 0) is 0 Å². The summed E-state index contributed by atoms with van der Waals surface area (Å²) < 4.78 is 1.84. The van der Waals surface area contributed by atoms with Gasteiger partial charge in [0.1, 0.15) is 0 Å². The highest BCUT2D eigenvalue weighted by Gasteiger charge is 2.10. The number of rotatable bonds is 2. The number of aromatic nitrogens is 4. The highest BCUT2D eigenvalue weighted by atomic mass is 32.1. The molecule has 3 aromatic heterocycles. The summed E-state index contributed by atoms with van der Waals surface area (Å²) in [6.07, 6.45) is 5.35. The molecule has 3 aromatic rings. The van der Waals surface area contributed by atoms with Gasteiger partial charge in [0.2, 0.25) is 10.1 Å². The molecule has 0 amide bonds. The van der Waals surface area contributed by atoms with Gasteiger partial charge in [-0.05, 0) is 12.1 Å². The maximum absolute atomic E-state index is 4.41. The Balaban J connectivity index is 2.20. The zero-order valence-electron chi connectivity index (χ0n) is 8.58. The van der Waals surface area contributed by atoms with Gasteiger partial charge in [-0.15, -0.1) is 5.10 Å². The van der Waals surface area contributed by atoms with Crippen LogP contribution in [0.3, 0.4) is 0 Å². The Kier molecular flexibility index (Phi) is 2.07. The molecule has 16 heavy (non-hydrogen) atoms. The van der Waals surface area contributed by atoms with Crippen LogP contribution < -0.4 is 5.32 Å². The number of pyridine rings is 1. The maximum atomic E-state index is 4.41. The van der Waals surface area contributed by atoms with E-state index in [1.54, 1.807) is 12.4 Å². The van der Waals surface area contributed by atoms with E-state index in [9.17, 15) is 0 Å². The minimum atomic E-state index is 0.860. The van der Waals surface area contributed by atoms with Gasteiger partial charge >= 0.3 is 0 Å². The average molecular weight is 231 g/mol. The lowest BCUT2D eigenvalue weighted by molar-refractivity contribution is 0.981. The first-order chi connectivity index (χ1) is 7.88. The smallest absolute Gasteiger partial charge is 0.214 e. The van der Waals surface area contributed by atoms with Crippen molar-refractivity contribution in [3.8, 4) is 11.3 Å². The molecule has 0 aliphatic rings. The quantitative estimate of drug-likeness (QED) is 0.731. The number of hydrogen-bond acceptors (Lipinski definition) is 5. The molecule has 0 saturated heterocycles. The minimum absolute atomic E-state index is 0.860. The van der Waals surface area contributed by atoms with Crippen molar-refractivity contribution < 1.29 is 0 Å². The largest absolute Gasteiger partial charge is 0.363 e. The van der Waals surface area contributed by atoms with Crippen molar-refractivity contribution in [1.82, 2.24) is 19.6 Å². The molecule has 3 rings (SSSR count). The molecule has 0 atom stereocenters. The van der Waals surface area contributed by atoms with Crippen LogP contribution in [0.2, 0.25) is 0 Å². The molecule has 80 valence electrons. The average Bonchev–Trinajstić information content (AvgIpc) is 2.88. The van der Waals surface area contributed by atoms with Gasteiger partial charge < -0.3 is 5.32 Å². The number of fused-ring (bicyclic) bond motifs is 1. The third kappa shape index (κ3) is 1.35. The van der Waals surface area contributed by atoms with Crippen LogP contribution in [0.4, 0.5) is 5.13 Å². The Bertz CT molecular complexity index is 612. The Morgan fingerprint density at radius 2 is 2.12 bits per heavy atom. The van der Waals surface area contributed by atoms with Crippen LogP contribution in [0.1, 0.15) is 0 Å². The van der Waals surface area contributed by atoms with Crippen molar-refractivity contribution in [2.45, 2.75) is 0 Å². The number of anilines is 1. The topological polar surface area (TPSA) is 55.1 Å². The van der Waals surface area contributed by atoms with Gasteiger partial charge in [-0.3, -0.25) is 4.98 Å². The summed E-state index contributed by atoms with van der Waals surface area (Å²) >= 11 is 1.53. The normalized spacial score (nSPS) is 10.8. The van der Waals surface area contributed by atoms with E-state index in [0.29, 0.717) is 0 Å². The second kappa shape index (κ2) is 3.57. The van der Waals surface area contributed by atoms with Crippen LogP contribution in [0, 0.1) is 0 Å². The fourth-order valence-electron chi connectivity index (χ4n) is 1.51. The number of hydrogen-bond donors (Lipinski definition) is 1. The lowest BCUT2D eigenvalue weighted by Gasteiger charge is -1.96. The second-order valence-electron chi connectivity index (χ2n) is 3.23. The van der Waals surface area contributed by atoms with Crippen LogP contribution in [0.25, 0.3) is 16.2 Å². The minimum Gasteiger partial charge on any atom is -0.363 e.